The molecule has 1 aliphatic rings. The van der Waals surface area contributed by atoms with E-state index in [2.05, 4.69) is 11.8 Å². The van der Waals surface area contributed by atoms with Gasteiger partial charge in [0.15, 0.2) is 0 Å². The third kappa shape index (κ3) is 5.53. The van der Waals surface area contributed by atoms with Crippen LogP contribution in [0.4, 0.5) is 0 Å². The van der Waals surface area contributed by atoms with E-state index >= 15 is 0 Å². The van der Waals surface area contributed by atoms with Crippen molar-refractivity contribution in [2.75, 3.05) is 19.6 Å². The molecule has 0 aliphatic heterocycles. The molecule has 3 heteroatoms. The highest BCUT2D eigenvalue weighted by molar-refractivity contribution is 5.69. The van der Waals surface area contributed by atoms with Crippen molar-refractivity contribution in [3.63, 3.8) is 0 Å². The lowest BCUT2D eigenvalue weighted by Crippen LogP contribution is -2.33. The van der Waals surface area contributed by atoms with Crippen molar-refractivity contribution in [3.8, 4) is 0 Å². The zero-order valence-corrected chi connectivity index (χ0v) is 11.3. The lowest BCUT2D eigenvalue weighted by Gasteiger charge is -2.27. The molecule has 17 heavy (non-hydrogen) atoms. The average molecular weight is 241 g/mol. The number of carboxylic acid groups (broad SMARTS) is 1. The summed E-state index contributed by atoms with van der Waals surface area (Å²) in [6.45, 7) is 6.64. The number of nitrogens with zero attached hydrogens (tertiary/aromatic N) is 1. The lowest BCUT2D eigenvalue weighted by molar-refractivity contribution is -0.141. The number of rotatable bonds is 7. The third-order valence-electron chi connectivity index (χ3n) is 3.98. The number of aliphatic carboxylic acids is 1. The third-order valence-corrected chi connectivity index (χ3v) is 3.98. The van der Waals surface area contributed by atoms with Crippen molar-refractivity contribution in [3.05, 3.63) is 0 Å². The average Bonchev–Trinajstić information content (AvgIpc) is 2.35. The normalized spacial score (nSPS) is 19.5. The zero-order valence-electron chi connectivity index (χ0n) is 11.3. The van der Waals surface area contributed by atoms with Gasteiger partial charge < -0.3 is 10.0 Å². The van der Waals surface area contributed by atoms with Gasteiger partial charge in [0, 0.05) is 6.54 Å². The van der Waals surface area contributed by atoms with E-state index in [1.54, 1.807) is 6.92 Å². The van der Waals surface area contributed by atoms with Crippen LogP contribution in [0.5, 0.6) is 0 Å². The second-order valence-corrected chi connectivity index (χ2v) is 5.43. The van der Waals surface area contributed by atoms with E-state index in [4.69, 9.17) is 5.11 Å². The maximum absolute atomic E-state index is 10.8. The quantitative estimate of drug-likeness (QED) is 0.745. The number of hydrogen-bond acceptors (Lipinski definition) is 2. The van der Waals surface area contributed by atoms with E-state index < -0.39 is 5.97 Å². The molecule has 100 valence electrons. The summed E-state index contributed by atoms with van der Waals surface area (Å²) >= 11 is 0. The largest absolute Gasteiger partial charge is 0.481 e. The molecule has 1 unspecified atom stereocenters. The van der Waals surface area contributed by atoms with Gasteiger partial charge in [0.2, 0.25) is 0 Å². The smallest absolute Gasteiger partial charge is 0.307 e. The summed E-state index contributed by atoms with van der Waals surface area (Å²) in [5.41, 5.74) is 0. The molecule has 1 aliphatic carbocycles. The van der Waals surface area contributed by atoms with Gasteiger partial charge in [-0.1, -0.05) is 46.0 Å². The van der Waals surface area contributed by atoms with Gasteiger partial charge in [0.1, 0.15) is 0 Å². The lowest BCUT2D eigenvalue weighted by atomic mass is 9.87. The molecule has 0 bridgehead atoms. The summed E-state index contributed by atoms with van der Waals surface area (Å²) in [6.07, 6.45) is 8.20. The molecule has 0 aromatic rings. The van der Waals surface area contributed by atoms with Crippen LogP contribution in [0.25, 0.3) is 0 Å². The SMILES string of the molecule is CCN(CCC1CCCCC1)CC(C)C(=O)O. The molecule has 1 rings (SSSR count). The monoisotopic (exact) mass is 241 g/mol. The molecule has 1 fully saturated rings. The maximum Gasteiger partial charge on any atom is 0.307 e. The molecule has 1 N–H and O–H groups in total. The first-order valence-corrected chi connectivity index (χ1v) is 7.08. The van der Waals surface area contributed by atoms with Crippen molar-refractivity contribution < 1.29 is 9.90 Å². The fraction of sp³-hybridized carbons (Fsp3) is 0.929. The minimum atomic E-state index is -0.680. The molecule has 0 aromatic carbocycles. The molecule has 0 saturated heterocycles. The summed E-state index contributed by atoms with van der Waals surface area (Å²) in [5, 5.41) is 8.92. The van der Waals surface area contributed by atoms with Crippen LogP contribution in [0.15, 0.2) is 0 Å². The van der Waals surface area contributed by atoms with Gasteiger partial charge in [0.05, 0.1) is 5.92 Å². The number of carboxylic acids is 1. The van der Waals surface area contributed by atoms with Crippen LogP contribution in [-0.4, -0.2) is 35.6 Å². The van der Waals surface area contributed by atoms with Crippen molar-refractivity contribution >= 4 is 5.97 Å². The van der Waals surface area contributed by atoms with Gasteiger partial charge >= 0.3 is 5.97 Å². The van der Waals surface area contributed by atoms with Crippen LogP contribution in [0.1, 0.15) is 52.4 Å². The van der Waals surface area contributed by atoms with E-state index in [9.17, 15) is 4.79 Å². The van der Waals surface area contributed by atoms with Crippen LogP contribution in [0.3, 0.4) is 0 Å². The summed E-state index contributed by atoms with van der Waals surface area (Å²) < 4.78 is 0. The summed E-state index contributed by atoms with van der Waals surface area (Å²) in [7, 11) is 0. The Bertz CT molecular complexity index is 224. The van der Waals surface area contributed by atoms with Crippen molar-refractivity contribution in [2.24, 2.45) is 11.8 Å². The molecular weight excluding hydrogens is 214 g/mol. The second kappa shape index (κ2) is 7.70. The maximum atomic E-state index is 10.8. The Labute approximate surface area is 105 Å². The summed E-state index contributed by atoms with van der Waals surface area (Å²) in [6, 6.07) is 0. The van der Waals surface area contributed by atoms with Crippen molar-refractivity contribution in [1.29, 1.82) is 0 Å². The highest BCUT2D eigenvalue weighted by Gasteiger charge is 2.17. The van der Waals surface area contributed by atoms with E-state index in [0.717, 1.165) is 19.0 Å². The van der Waals surface area contributed by atoms with E-state index in [1.807, 2.05) is 0 Å². The molecule has 0 amide bonds. The fourth-order valence-corrected chi connectivity index (χ4v) is 2.68. The molecule has 0 spiro atoms. The number of carbonyl (C=O) groups is 1. The van der Waals surface area contributed by atoms with E-state index in [1.165, 1.54) is 38.5 Å². The molecule has 0 aromatic heterocycles. The highest BCUT2D eigenvalue weighted by atomic mass is 16.4. The fourth-order valence-electron chi connectivity index (χ4n) is 2.68. The minimum absolute atomic E-state index is 0.249. The van der Waals surface area contributed by atoms with Gasteiger partial charge in [-0.2, -0.15) is 0 Å². The van der Waals surface area contributed by atoms with E-state index in [0.29, 0.717) is 6.54 Å². The molecule has 0 radical (unpaired) electrons. The van der Waals surface area contributed by atoms with Gasteiger partial charge in [-0.25, -0.2) is 0 Å². The molecular formula is C14H27NO2. The van der Waals surface area contributed by atoms with Crippen LogP contribution in [0.2, 0.25) is 0 Å². The predicted molar refractivity (Wildman–Crippen MR) is 70.1 cm³/mol. The first kappa shape index (κ1) is 14.5. The Morgan fingerprint density at radius 3 is 2.53 bits per heavy atom. The van der Waals surface area contributed by atoms with Gasteiger partial charge in [-0.3, -0.25) is 4.79 Å². The van der Waals surface area contributed by atoms with E-state index in [-0.39, 0.29) is 5.92 Å². The van der Waals surface area contributed by atoms with Crippen molar-refractivity contribution in [2.45, 2.75) is 52.4 Å². The Morgan fingerprint density at radius 1 is 1.35 bits per heavy atom. The predicted octanol–water partition coefficient (Wildman–Crippen LogP) is 3.00. The Kier molecular flexibility index (Phi) is 6.56. The van der Waals surface area contributed by atoms with Crippen LogP contribution < -0.4 is 0 Å². The minimum Gasteiger partial charge on any atom is -0.481 e. The van der Waals surface area contributed by atoms with Crippen LogP contribution in [-0.2, 0) is 4.79 Å². The molecule has 0 heterocycles. The Morgan fingerprint density at radius 2 is 2.00 bits per heavy atom. The first-order valence-electron chi connectivity index (χ1n) is 7.08. The summed E-state index contributed by atoms with van der Waals surface area (Å²) in [5.74, 6) is -0.0413. The Balaban J connectivity index is 2.23. The molecule has 3 nitrogen and oxygen atoms in total. The van der Waals surface area contributed by atoms with Crippen LogP contribution >= 0.6 is 0 Å². The topological polar surface area (TPSA) is 40.5 Å². The first-order chi connectivity index (χ1) is 8.13. The molecule has 1 saturated carbocycles. The molecule has 1 atom stereocenters. The van der Waals surface area contributed by atoms with Gasteiger partial charge in [-0.05, 0) is 25.4 Å². The van der Waals surface area contributed by atoms with Gasteiger partial charge in [0.25, 0.3) is 0 Å². The highest BCUT2D eigenvalue weighted by Crippen LogP contribution is 2.26. The second-order valence-electron chi connectivity index (χ2n) is 5.43. The van der Waals surface area contributed by atoms with Crippen LogP contribution in [0, 0.1) is 11.8 Å². The number of hydrogen-bond donors (Lipinski definition) is 1. The van der Waals surface area contributed by atoms with Crippen molar-refractivity contribution in [1.82, 2.24) is 4.90 Å². The zero-order chi connectivity index (χ0) is 12.7. The summed E-state index contributed by atoms with van der Waals surface area (Å²) in [4.78, 5) is 13.1. The standard InChI is InChI=1S/C14H27NO2/c1-3-15(11-12(2)14(16)17)10-9-13-7-5-4-6-8-13/h12-13H,3-11H2,1-2H3,(H,16,17). The van der Waals surface area contributed by atoms with Gasteiger partial charge in [-0.15, -0.1) is 0 Å². The Hall–Kier alpha value is -0.570.